The summed E-state index contributed by atoms with van der Waals surface area (Å²) in [4.78, 5) is 25.7. The minimum atomic E-state index is -0.494. The second-order valence-corrected chi connectivity index (χ2v) is 7.65. The Morgan fingerprint density at radius 2 is 2.07 bits per heavy atom. The van der Waals surface area contributed by atoms with Crippen LogP contribution in [0.2, 0.25) is 0 Å². The standard InChI is InChI=1S/C22H19NO6S/c1-13-18(11-14-5-7-16-17(10-14)29-12-28-16)30-21(20(13)22(25)26-2)23-19(24)8-6-15-4-3-9-27-15/h3-10H,11-12H2,1-2H3,(H,23,24)/b8-6+. The summed E-state index contributed by atoms with van der Waals surface area (Å²) in [5.74, 6) is 1.11. The normalized spacial score (nSPS) is 12.3. The first kappa shape index (κ1) is 19.8. The van der Waals surface area contributed by atoms with Gasteiger partial charge >= 0.3 is 5.97 Å². The fourth-order valence-electron chi connectivity index (χ4n) is 3.10. The number of methoxy groups -OCH3 is 1. The van der Waals surface area contributed by atoms with Crippen LogP contribution in [-0.2, 0) is 16.0 Å². The van der Waals surface area contributed by atoms with Gasteiger partial charge in [-0.1, -0.05) is 6.07 Å². The molecule has 154 valence electrons. The topological polar surface area (TPSA) is 87.0 Å². The molecule has 0 saturated heterocycles. The Balaban J connectivity index is 1.58. The molecular formula is C22H19NO6S. The number of amides is 1. The highest BCUT2D eigenvalue weighted by molar-refractivity contribution is 7.17. The summed E-state index contributed by atoms with van der Waals surface area (Å²) in [6.45, 7) is 2.06. The van der Waals surface area contributed by atoms with E-state index in [4.69, 9.17) is 18.6 Å². The third-order valence-corrected chi connectivity index (χ3v) is 5.82. The molecule has 30 heavy (non-hydrogen) atoms. The Hall–Kier alpha value is -3.52. The summed E-state index contributed by atoms with van der Waals surface area (Å²) in [6, 6.07) is 9.21. The molecule has 1 aromatic carbocycles. The third kappa shape index (κ3) is 4.08. The first-order chi connectivity index (χ1) is 14.5. The molecule has 1 aliphatic heterocycles. The van der Waals surface area contributed by atoms with Crippen molar-refractivity contribution in [3.63, 3.8) is 0 Å². The molecule has 7 nitrogen and oxygen atoms in total. The number of fused-ring (bicyclic) bond motifs is 1. The molecular weight excluding hydrogens is 406 g/mol. The summed E-state index contributed by atoms with van der Waals surface area (Å²) in [6.07, 6.45) is 5.01. The quantitative estimate of drug-likeness (QED) is 0.465. The zero-order valence-electron chi connectivity index (χ0n) is 16.4. The molecule has 1 amide bonds. The minimum absolute atomic E-state index is 0.213. The van der Waals surface area contributed by atoms with Gasteiger partial charge < -0.3 is 23.9 Å². The van der Waals surface area contributed by atoms with Crippen LogP contribution in [0.25, 0.3) is 6.08 Å². The van der Waals surface area contributed by atoms with Gasteiger partial charge in [-0.05, 0) is 48.4 Å². The van der Waals surface area contributed by atoms with Gasteiger partial charge in [-0.2, -0.15) is 0 Å². The molecule has 0 unspecified atom stereocenters. The highest BCUT2D eigenvalue weighted by atomic mass is 32.1. The number of hydrogen-bond donors (Lipinski definition) is 1. The van der Waals surface area contributed by atoms with Crippen LogP contribution in [-0.4, -0.2) is 25.8 Å². The molecule has 0 bridgehead atoms. The number of furan rings is 1. The molecule has 4 rings (SSSR count). The first-order valence-electron chi connectivity index (χ1n) is 9.17. The second-order valence-electron chi connectivity index (χ2n) is 6.55. The van der Waals surface area contributed by atoms with Crippen LogP contribution >= 0.6 is 11.3 Å². The second kappa shape index (κ2) is 8.46. The Labute approximate surface area is 176 Å². The van der Waals surface area contributed by atoms with Crippen molar-refractivity contribution in [3.05, 3.63) is 70.0 Å². The Kier molecular flexibility index (Phi) is 5.58. The van der Waals surface area contributed by atoms with E-state index in [0.29, 0.717) is 34.2 Å². The average Bonchev–Trinajstić information content (AvgIpc) is 3.47. The van der Waals surface area contributed by atoms with Crippen LogP contribution < -0.4 is 14.8 Å². The van der Waals surface area contributed by atoms with Crippen molar-refractivity contribution in [2.75, 3.05) is 19.2 Å². The number of carbonyl (C=O) groups excluding carboxylic acids is 2. The van der Waals surface area contributed by atoms with Gasteiger partial charge in [0.25, 0.3) is 0 Å². The molecule has 0 radical (unpaired) electrons. The Morgan fingerprint density at radius 3 is 2.83 bits per heavy atom. The summed E-state index contributed by atoms with van der Waals surface area (Å²) >= 11 is 1.35. The maximum absolute atomic E-state index is 12.4. The number of esters is 1. The monoisotopic (exact) mass is 425 g/mol. The number of nitrogens with one attached hydrogen (secondary N) is 1. The van der Waals surface area contributed by atoms with Crippen molar-refractivity contribution in [2.45, 2.75) is 13.3 Å². The zero-order valence-corrected chi connectivity index (χ0v) is 17.2. The number of rotatable bonds is 6. The average molecular weight is 425 g/mol. The van der Waals surface area contributed by atoms with Gasteiger partial charge in [0.05, 0.1) is 18.9 Å². The first-order valence-corrected chi connectivity index (χ1v) is 9.98. The molecule has 1 aliphatic rings. The molecule has 3 aromatic rings. The Bertz CT molecular complexity index is 1110. The minimum Gasteiger partial charge on any atom is -0.465 e. The predicted octanol–water partition coefficient (Wildman–Crippen LogP) is 4.41. The van der Waals surface area contributed by atoms with Crippen LogP contribution in [0, 0.1) is 6.92 Å². The summed E-state index contributed by atoms with van der Waals surface area (Å²) in [7, 11) is 1.32. The maximum atomic E-state index is 12.4. The van der Waals surface area contributed by atoms with Crippen LogP contribution in [0.5, 0.6) is 11.5 Å². The molecule has 0 spiro atoms. The number of thiophene rings is 1. The van der Waals surface area contributed by atoms with E-state index in [-0.39, 0.29) is 12.7 Å². The highest BCUT2D eigenvalue weighted by Gasteiger charge is 2.23. The summed E-state index contributed by atoms with van der Waals surface area (Å²) in [5, 5.41) is 3.23. The number of ether oxygens (including phenoxy) is 3. The lowest BCUT2D eigenvalue weighted by molar-refractivity contribution is -0.111. The van der Waals surface area contributed by atoms with E-state index in [9.17, 15) is 9.59 Å². The van der Waals surface area contributed by atoms with Crippen molar-refractivity contribution >= 4 is 34.3 Å². The zero-order chi connectivity index (χ0) is 21.1. The number of benzene rings is 1. The summed E-state index contributed by atoms with van der Waals surface area (Å²) < 4.78 is 20.9. The number of hydrogen-bond acceptors (Lipinski definition) is 7. The molecule has 0 atom stereocenters. The molecule has 0 fully saturated rings. The van der Waals surface area contributed by atoms with E-state index in [0.717, 1.165) is 16.0 Å². The van der Waals surface area contributed by atoms with Crippen molar-refractivity contribution in [2.24, 2.45) is 0 Å². The summed E-state index contributed by atoms with van der Waals surface area (Å²) in [5.41, 5.74) is 2.14. The van der Waals surface area contributed by atoms with E-state index in [1.807, 2.05) is 25.1 Å². The van der Waals surface area contributed by atoms with Crippen molar-refractivity contribution < 1.29 is 28.2 Å². The van der Waals surface area contributed by atoms with Crippen molar-refractivity contribution in [1.82, 2.24) is 0 Å². The van der Waals surface area contributed by atoms with E-state index in [2.05, 4.69) is 5.32 Å². The van der Waals surface area contributed by atoms with Crippen molar-refractivity contribution in [3.8, 4) is 11.5 Å². The molecule has 0 saturated carbocycles. The van der Waals surface area contributed by atoms with E-state index in [1.54, 1.807) is 18.2 Å². The number of carbonyl (C=O) groups is 2. The lowest BCUT2D eigenvalue weighted by Gasteiger charge is -2.04. The van der Waals surface area contributed by atoms with Gasteiger partial charge in [0.1, 0.15) is 10.8 Å². The Morgan fingerprint density at radius 1 is 1.23 bits per heavy atom. The van der Waals surface area contributed by atoms with Crippen molar-refractivity contribution in [1.29, 1.82) is 0 Å². The van der Waals surface area contributed by atoms with Gasteiger partial charge in [0.15, 0.2) is 11.5 Å². The molecule has 8 heteroatoms. The predicted molar refractivity (Wildman–Crippen MR) is 112 cm³/mol. The van der Waals surface area contributed by atoms with Gasteiger partial charge in [-0.15, -0.1) is 11.3 Å². The fourth-order valence-corrected chi connectivity index (χ4v) is 4.33. The highest BCUT2D eigenvalue weighted by Crippen LogP contribution is 2.37. The van der Waals surface area contributed by atoms with Gasteiger partial charge in [0, 0.05) is 17.4 Å². The molecule has 3 heterocycles. The van der Waals surface area contributed by atoms with E-state index in [1.165, 1.54) is 30.8 Å². The lowest BCUT2D eigenvalue weighted by Crippen LogP contribution is -2.11. The molecule has 2 aromatic heterocycles. The lowest BCUT2D eigenvalue weighted by atomic mass is 10.1. The van der Waals surface area contributed by atoms with Crippen LogP contribution in [0.4, 0.5) is 5.00 Å². The van der Waals surface area contributed by atoms with E-state index < -0.39 is 5.97 Å². The van der Waals surface area contributed by atoms with Crippen LogP contribution in [0.1, 0.15) is 32.1 Å². The van der Waals surface area contributed by atoms with Crippen LogP contribution in [0.15, 0.2) is 47.1 Å². The molecule has 1 N–H and O–H groups in total. The third-order valence-electron chi connectivity index (χ3n) is 4.62. The molecule has 0 aliphatic carbocycles. The smallest absolute Gasteiger partial charge is 0.341 e. The SMILES string of the molecule is COC(=O)c1c(NC(=O)/C=C/c2ccco2)sc(Cc2ccc3c(c2)OCO3)c1C. The van der Waals surface area contributed by atoms with Gasteiger partial charge in [-0.25, -0.2) is 4.79 Å². The van der Waals surface area contributed by atoms with Crippen LogP contribution in [0.3, 0.4) is 0 Å². The van der Waals surface area contributed by atoms with Gasteiger partial charge in [0.2, 0.25) is 12.7 Å². The van der Waals surface area contributed by atoms with E-state index >= 15 is 0 Å². The largest absolute Gasteiger partial charge is 0.465 e. The fraction of sp³-hybridized carbons (Fsp3) is 0.182. The number of anilines is 1. The van der Waals surface area contributed by atoms with Gasteiger partial charge in [-0.3, -0.25) is 4.79 Å². The maximum Gasteiger partial charge on any atom is 0.341 e.